The molecule has 0 unspecified atom stereocenters. The van der Waals surface area contributed by atoms with E-state index in [-0.39, 0.29) is 5.76 Å². The fourth-order valence-corrected chi connectivity index (χ4v) is 0.699. The minimum absolute atomic E-state index is 0.109. The van der Waals surface area contributed by atoms with Crippen LogP contribution in [0.15, 0.2) is 12.0 Å². The topological polar surface area (TPSA) is 44.8 Å². The predicted octanol–water partition coefficient (Wildman–Crippen LogP) is 0.784. The zero-order valence-corrected chi connectivity index (χ0v) is 6.71. The Labute approximate surface area is 64.7 Å². The molecule has 11 heavy (non-hydrogen) atoms. The zero-order valence-electron chi connectivity index (χ0n) is 6.71. The summed E-state index contributed by atoms with van der Waals surface area (Å²) in [7, 11) is 1.29. The maximum absolute atomic E-state index is 10.8. The van der Waals surface area contributed by atoms with Crippen molar-refractivity contribution in [2.75, 3.05) is 7.11 Å². The lowest BCUT2D eigenvalue weighted by molar-refractivity contribution is -0.151. The fraction of sp³-hybridized carbons (Fsp3) is 0.571. The summed E-state index contributed by atoms with van der Waals surface area (Å²) in [6, 6.07) is 0. The van der Waals surface area contributed by atoms with Crippen molar-refractivity contribution in [3.8, 4) is 0 Å². The molecule has 0 fully saturated rings. The average Bonchev–Trinajstić information content (AvgIpc) is 2.29. The molecular formula is C7H10O4. The van der Waals surface area contributed by atoms with Crippen LogP contribution in [0.1, 0.15) is 13.8 Å². The summed E-state index contributed by atoms with van der Waals surface area (Å²) in [5.74, 6) is -1.16. The largest absolute Gasteiger partial charge is 0.463 e. The first-order chi connectivity index (χ1) is 5.05. The molecule has 4 nitrogen and oxygen atoms in total. The van der Waals surface area contributed by atoms with Gasteiger partial charge in [-0.3, -0.25) is 0 Å². The number of ether oxygens (including phenoxy) is 3. The lowest BCUT2D eigenvalue weighted by Gasteiger charge is -2.17. The summed E-state index contributed by atoms with van der Waals surface area (Å²) in [5.41, 5.74) is 0. The summed E-state index contributed by atoms with van der Waals surface area (Å²) in [4.78, 5) is 10.8. The molecule has 0 atom stereocenters. The van der Waals surface area contributed by atoms with Gasteiger partial charge in [0.05, 0.1) is 7.11 Å². The SMILES string of the molecule is COC(=O)C1=COC(C)(C)O1. The van der Waals surface area contributed by atoms with Gasteiger partial charge in [-0.15, -0.1) is 0 Å². The molecule has 0 amide bonds. The third-order valence-corrected chi connectivity index (χ3v) is 1.19. The monoisotopic (exact) mass is 158 g/mol. The van der Waals surface area contributed by atoms with Crippen molar-refractivity contribution in [2.24, 2.45) is 0 Å². The molecule has 0 aromatic rings. The fourth-order valence-electron chi connectivity index (χ4n) is 0.699. The average molecular weight is 158 g/mol. The number of methoxy groups -OCH3 is 1. The van der Waals surface area contributed by atoms with Gasteiger partial charge in [0.1, 0.15) is 6.26 Å². The van der Waals surface area contributed by atoms with Crippen molar-refractivity contribution in [3.05, 3.63) is 12.0 Å². The van der Waals surface area contributed by atoms with Crippen molar-refractivity contribution in [3.63, 3.8) is 0 Å². The normalized spacial score (nSPS) is 19.7. The first-order valence-electron chi connectivity index (χ1n) is 3.20. The van der Waals surface area contributed by atoms with E-state index in [4.69, 9.17) is 9.47 Å². The smallest absolute Gasteiger partial charge is 0.376 e. The highest BCUT2D eigenvalue weighted by molar-refractivity contribution is 5.86. The molecule has 1 aliphatic rings. The van der Waals surface area contributed by atoms with E-state index in [1.807, 2.05) is 0 Å². The Morgan fingerprint density at radius 2 is 2.27 bits per heavy atom. The van der Waals surface area contributed by atoms with Gasteiger partial charge in [0, 0.05) is 13.8 Å². The number of esters is 1. The highest BCUT2D eigenvalue weighted by Gasteiger charge is 2.31. The number of carbonyl (C=O) groups is 1. The highest BCUT2D eigenvalue weighted by atomic mass is 16.7. The quantitative estimate of drug-likeness (QED) is 0.529. The molecule has 0 radical (unpaired) electrons. The molecule has 0 saturated carbocycles. The summed E-state index contributed by atoms with van der Waals surface area (Å²) in [5, 5.41) is 0. The summed E-state index contributed by atoms with van der Waals surface area (Å²) in [6.07, 6.45) is 1.26. The van der Waals surface area contributed by atoms with Crippen LogP contribution in [0.3, 0.4) is 0 Å². The van der Waals surface area contributed by atoms with Gasteiger partial charge in [0.2, 0.25) is 11.5 Å². The van der Waals surface area contributed by atoms with E-state index in [1.54, 1.807) is 13.8 Å². The second-order valence-corrected chi connectivity index (χ2v) is 2.59. The van der Waals surface area contributed by atoms with Gasteiger partial charge in [0.15, 0.2) is 0 Å². The Balaban J connectivity index is 2.60. The first-order valence-corrected chi connectivity index (χ1v) is 3.20. The second-order valence-electron chi connectivity index (χ2n) is 2.59. The maximum atomic E-state index is 10.8. The van der Waals surface area contributed by atoms with Crippen LogP contribution in [-0.2, 0) is 19.0 Å². The Kier molecular flexibility index (Phi) is 1.76. The van der Waals surface area contributed by atoms with Crippen LogP contribution in [0.5, 0.6) is 0 Å². The Hall–Kier alpha value is -1.19. The molecule has 0 bridgehead atoms. The van der Waals surface area contributed by atoms with Crippen LogP contribution in [0.25, 0.3) is 0 Å². The molecule has 0 aromatic heterocycles. The minimum atomic E-state index is -0.747. The van der Waals surface area contributed by atoms with Crippen molar-refractivity contribution >= 4 is 5.97 Å². The molecule has 0 aromatic carbocycles. The standard InChI is InChI=1S/C7H10O4/c1-7(2)10-4-5(11-7)6(8)9-3/h4H,1-3H3. The van der Waals surface area contributed by atoms with Crippen molar-refractivity contribution in [1.29, 1.82) is 0 Å². The van der Waals surface area contributed by atoms with Crippen LogP contribution in [0.4, 0.5) is 0 Å². The molecule has 62 valence electrons. The molecule has 1 heterocycles. The lowest BCUT2D eigenvalue weighted by atomic mass is 10.4. The third-order valence-electron chi connectivity index (χ3n) is 1.19. The number of carbonyl (C=O) groups excluding carboxylic acids is 1. The van der Waals surface area contributed by atoms with Crippen LogP contribution in [-0.4, -0.2) is 18.9 Å². The highest BCUT2D eigenvalue weighted by Crippen LogP contribution is 2.24. The second kappa shape index (κ2) is 2.45. The molecule has 4 heteroatoms. The molecule has 0 aliphatic carbocycles. The van der Waals surface area contributed by atoms with Crippen molar-refractivity contribution < 1.29 is 19.0 Å². The van der Waals surface area contributed by atoms with Crippen molar-refractivity contribution in [2.45, 2.75) is 19.6 Å². The Morgan fingerprint density at radius 1 is 1.64 bits per heavy atom. The van der Waals surface area contributed by atoms with Crippen LogP contribution in [0, 0.1) is 0 Å². The molecule has 0 spiro atoms. The van der Waals surface area contributed by atoms with Crippen molar-refractivity contribution in [1.82, 2.24) is 0 Å². The number of rotatable bonds is 1. The van der Waals surface area contributed by atoms with Crippen LogP contribution >= 0.6 is 0 Å². The molecule has 1 aliphatic heterocycles. The van der Waals surface area contributed by atoms with E-state index in [0.717, 1.165) is 0 Å². The lowest BCUT2D eigenvalue weighted by Crippen LogP contribution is -2.21. The van der Waals surface area contributed by atoms with E-state index in [0.29, 0.717) is 0 Å². The van der Waals surface area contributed by atoms with E-state index < -0.39 is 11.8 Å². The van der Waals surface area contributed by atoms with Gasteiger partial charge in [-0.05, 0) is 0 Å². The van der Waals surface area contributed by atoms with E-state index in [2.05, 4.69) is 4.74 Å². The molecule has 0 saturated heterocycles. The van der Waals surface area contributed by atoms with Gasteiger partial charge in [-0.25, -0.2) is 4.79 Å². The summed E-state index contributed by atoms with van der Waals surface area (Å²) in [6.45, 7) is 3.42. The van der Waals surface area contributed by atoms with Gasteiger partial charge < -0.3 is 14.2 Å². The molecule has 0 N–H and O–H groups in total. The molecular weight excluding hydrogens is 148 g/mol. The zero-order chi connectivity index (χ0) is 8.48. The van der Waals surface area contributed by atoms with Gasteiger partial charge in [-0.2, -0.15) is 0 Å². The van der Waals surface area contributed by atoms with Gasteiger partial charge >= 0.3 is 5.97 Å². The maximum Gasteiger partial charge on any atom is 0.376 e. The third kappa shape index (κ3) is 1.63. The van der Waals surface area contributed by atoms with Crippen LogP contribution < -0.4 is 0 Å². The van der Waals surface area contributed by atoms with E-state index >= 15 is 0 Å². The van der Waals surface area contributed by atoms with E-state index in [9.17, 15) is 4.79 Å². The Bertz CT molecular complexity index is 204. The number of hydrogen-bond donors (Lipinski definition) is 0. The predicted molar refractivity (Wildman–Crippen MR) is 36.3 cm³/mol. The van der Waals surface area contributed by atoms with Crippen LogP contribution in [0.2, 0.25) is 0 Å². The van der Waals surface area contributed by atoms with Gasteiger partial charge in [0.25, 0.3) is 0 Å². The Morgan fingerprint density at radius 3 is 2.64 bits per heavy atom. The van der Waals surface area contributed by atoms with E-state index in [1.165, 1.54) is 13.4 Å². The number of hydrogen-bond acceptors (Lipinski definition) is 4. The minimum Gasteiger partial charge on any atom is -0.463 e. The van der Waals surface area contributed by atoms with Gasteiger partial charge in [-0.1, -0.05) is 0 Å². The molecule has 1 rings (SSSR count). The summed E-state index contributed by atoms with van der Waals surface area (Å²) < 4.78 is 14.5. The summed E-state index contributed by atoms with van der Waals surface area (Å²) >= 11 is 0. The first kappa shape index (κ1) is 7.91.